The average molecular weight is 393 g/mol. The molecule has 7 heteroatoms. The Balaban J connectivity index is 1.57. The summed E-state index contributed by atoms with van der Waals surface area (Å²) in [6.07, 6.45) is 1.66. The van der Waals surface area contributed by atoms with Crippen LogP contribution in [-0.4, -0.2) is 48.0 Å². The Labute approximate surface area is 163 Å². The van der Waals surface area contributed by atoms with Crippen LogP contribution in [0.5, 0.6) is 0 Å². The number of anilines is 2. The van der Waals surface area contributed by atoms with E-state index in [1.807, 2.05) is 38.1 Å². The number of halogens is 2. The summed E-state index contributed by atoms with van der Waals surface area (Å²) in [5.41, 5.74) is 1.76. The number of aryl methyl sites for hydroxylation is 1. The van der Waals surface area contributed by atoms with Crippen LogP contribution in [0.2, 0.25) is 10.0 Å². The third kappa shape index (κ3) is 4.47. The van der Waals surface area contributed by atoms with E-state index in [9.17, 15) is 4.79 Å². The number of piperazine rings is 1. The lowest BCUT2D eigenvalue weighted by atomic mass is 10.1. The van der Waals surface area contributed by atoms with Crippen LogP contribution in [0.25, 0.3) is 0 Å². The first-order valence-corrected chi connectivity index (χ1v) is 9.37. The van der Waals surface area contributed by atoms with E-state index in [1.165, 1.54) is 0 Å². The van der Waals surface area contributed by atoms with Gasteiger partial charge in [-0.25, -0.2) is 4.98 Å². The van der Waals surface area contributed by atoms with Crippen molar-refractivity contribution in [2.24, 2.45) is 0 Å². The van der Waals surface area contributed by atoms with Gasteiger partial charge in [0.05, 0.1) is 11.1 Å². The Bertz CT molecular complexity index is 774. The number of carbonyl (C=O) groups is 1. The number of nitrogens with one attached hydrogen (secondary N) is 1. The monoisotopic (exact) mass is 392 g/mol. The molecule has 1 saturated heterocycles. The van der Waals surface area contributed by atoms with E-state index in [4.69, 9.17) is 23.2 Å². The van der Waals surface area contributed by atoms with Crippen molar-refractivity contribution >= 4 is 40.6 Å². The fourth-order valence-corrected chi connectivity index (χ4v) is 3.31. The molecule has 3 rings (SSSR count). The molecule has 0 saturated carbocycles. The van der Waals surface area contributed by atoms with Gasteiger partial charge in [-0.05, 0) is 43.7 Å². The zero-order chi connectivity index (χ0) is 18.7. The molecule has 1 amide bonds. The summed E-state index contributed by atoms with van der Waals surface area (Å²) in [6.45, 7) is 7.13. The minimum Gasteiger partial charge on any atom is -0.354 e. The van der Waals surface area contributed by atoms with Gasteiger partial charge in [0, 0.05) is 43.1 Å². The van der Waals surface area contributed by atoms with Crippen molar-refractivity contribution in [2.45, 2.75) is 19.9 Å². The van der Waals surface area contributed by atoms with Crippen molar-refractivity contribution in [3.8, 4) is 0 Å². The number of carbonyl (C=O) groups excluding carboxylic acids is 1. The Morgan fingerprint density at radius 2 is 1.81 bits per heavy atom. The second-order valence-corrected chi connectivity index (χ2v) is 7.35. The molecule has 1 fully saturated rings. The Morgan fingerprint density at radius 1 is 1.12 bits per heavy atom. The zero-order valence-corrected chi connectivity index (χ0v) is 16.4. The molecule has 0 aliphatic carbocycles. The van der Waals surface area contributed by atoms with E-state index < -0.39 is 0 Å². The number of aromatic nitrogens is 1. The van der Waals surface area contributed by atoms with Crippen molar-refractivity contribution in [3.05, 3.63) is 52.1 Å². The standard InChI is InChI=1S/C19H22Cl2N4O/c1-13-3-4-15(20)11-17(13)23-19(26)14(2)24-7-9-25(10-8-24)18-6-5-16(21)12-22-18/h3-6,11-12,14H,7-10H2,1-2H3,(H,23,26). The van der Waals surface area contributed by atoms with Crippen LogP contribution in [0.1, 0.15) is 12.5 Å². The van der Waals surface area contributed by atoms with Gasteiger partial charge in [0.1, 0.15) is 5.82 Å². The molecule has 26 heavy (non-hydrogen) atoms. The van der Waals surface area contributed by atoms with Crippen LogP contribution in [0.15, 0.2) is 36.5 Å². The molecule has 1 unspecified atom stereocenters. The Kier molecular flexibility index (Phi) is 6.01. The lowest BCUT2D eigenvalue weighted by Crippen LogP contribution is -2.53. The molecule has 0 spiro atoms. The molecule has 1 aromatic carbocycles. The summed E-state index contributed by atoms with van der Waals surface area (Å²) in [5.74, 6) is 0.897. The highest BCUT2D eigenvalue weighted by molar-refractivity contribution is 6.31. The fraction of sp³-hybridized carbons (Fsp3) is 0.368. The van der Waals surface area contributed by atoms with Gasteiger partial charge in [-0.1, -0.05) is 29.3 Å². The summed E-state index contributed by atoms with van der Waals surface area (Å²) < 4.78 is 0. The van der Waals surface area contributed by atoms with Gasteiger partial charge in [0.15, 0.2) is 0 Å². The van der Waals surface area contributed by atoms with Gasteiger partial charge in [-0.2, -0.15) is 0 Å². The van der Waals surface area contributed by atoms with Crippen LogP contribution >= 0.6 is 23.2 Å². The average Bonchev–Trinajstić information content (AvgIpc) is 2.65. The maximum atomic E-state index is 12.6. The normalized spacial score (nSPS) is 16.4. The van der Waals surface area contributed by atoms with E-state index >= 15 is 0 Å². The smallest absolute Gasteiger partial charge is 0.241 e. The van der Waals surface area contributed by atoms with Crippen LogP contribution in [0.4, 0.5) is 11.5 Å². The molecule has 0 radical (unpaired) electrons. The van der Waals surface area contributed by atoms with Crippen molar-refractivity contribution in [1.82, 2.24) is 9.88 Å². The molecule has 2 heterocycles. The summed E-state index contributed by atoms with van der Waals surface area (Å²) in [7, 11) is 0. The largest absolute Gasteiger partial charge is 0.354 e. The number of hydrogen-bond acceptors (Lipinski definition) is 4. The number of hydrogen-bond donors (Lipinski definition) is 1. The molecule has 1 aliphatic heterocycles. The molecule has 138 valence electrons. The van der Waals surface area contributed by atoms with Crippen molar-refractivity contribution in [3.63, 3.8) is 0 Å². The minimum absolute atomic E-state index is 0.0200. The number of pyridine rings is 1. The van der Waals surface area contributed by atoms with Crippen molar-refractivity contribution < 1.29 is 4.79 Å². The first kappa shape index (κ1) is 19.0. The van der Waals surface area contributed by atoms with E-state index in [0.29, 0.717) is 10.0 Å². The van der Waals surface area contributed by atoms with E-state index in [2.05, 4.69) is 20.1 Å². The Hall–Kier alpha value is -1.82. The lowest BCUT2D eigenvalue weighted by Gasteiger charge is -2.38. The van der Waals surface area contributed by atoms with Gasteiger partial charge in [-0.3, -0.25) is 9.69 Å². The fourth-order valence-electron chi connectivity index (χ4n) is 3.03. The van der Waals surface area contributed by atoms with Gasteiger partial charge in [-0.15, -0.1) is 0 Å². The quantitative estimate of drug-likeness (QED) is 0.858. The molecule has 2 aromatic rings. The highest BCUT2D eigenvalue weighted by Crippen LogP contribution is 2.21. The third-order valence-corrected chi connectivity index (χ3v) is 5.19. The second-order valence-electron chi connectivity index (χ2n) is 6.48. The highest BCUT2D eigenvalue weighted by atomic mass is 35.5. The van der Waals surface area contributed by atoms with Crippen LogP contribution < -0.4 is 10.2 Å². The predicted molar refractivity (Wildman–Crippen MR) is 107 cm³/mol. The van der Waals surface area contributed by atoms with Crippen molar-refractivity contribution in [1.29, 1.82) is 0 Å². The van der Waals surface area contributed by atoms with E-state index in [1.54, 1.807) is 12.3 Å². The summed E-state index contributed by atoms with van der Waals surface area (Å²) in [4.78, 5) is 21.4. The maximum absolute atomic E-state index is 12.6. The molecule has 1 N–H and O–H groups in total. The molecule has 1 aliphatic rings. The van der Waals surface area contributed by atoms with Crippen LogP contribution in [-0.2, 0) is 4.79 Å². The SMILES string of the molecule is Cc1ccc(Cl)cc1NC(=O)C(C)N1CCN(c2ccc(Cl)cn2)CC1. The Morgan fingerprint density at radius 3 is 2.46 bits per heavy atom. The number of benzene rings is 1. The minimum atomic E-state index is -0.214. The lowest BCUT2D eigenvalue weighted by molar-refractivity contribution is -0.120. The maximum Gasteiger partial charge on any atom is 0.241 e. The molecule has 0 bridgehead atoms. The first-order chi connectivity index (χ1) is 12.4. The van der Waals surface area contributed by atoms with Crippen LogP contribution in [0.3, 0.4) is 0 Å². The number of rotatable bonds is 4. The van der Waals surface area contributed by atoms with Gasteiger partial charge in [0.2, 0.25) is 5.91 Å². The molecular weight excluding hydrogens is 371 g/mol. The molecule has 1 atom stereocenters. The van der Waals surface area contributed by atoms with E-state index in [-0.39, 0.29) is 11.9 Å². The molecule has 1 aromatic heterocycles. The summed E-state index contributed by atoms with van der Waals surface area (Å²) >= 11 is 11.9. The molecule has 5 nitrogen and oxygen atoms in total. The summed E-state index contributed by atoms with van der Waals surface area (Å²) in [6, 6.07) is 9.07. The van der Waals surface area contributed by atoms with E-state index in [0.717, 1.165) is 43.2 Å². The third-order valence-electron chi connectivity index (χ3n) is 4.73. The second kappa shape index (κ2) is 8.25. The highest BCUT2D eigenvalue weighted by Gasteiger charge is 2.26. The topological polar surface area (TPSA) is 48.5 Å². The zero-order valence-electron chi connectivity index (χ0n) is 14.9. The number of amides is 1. The number of nitrogens with zero attached hydrogens (tertiary/aromatic N) is 3. The van der Waals surface area contributed by atoms with Gasteiger partial charge < -0.3 is 10.2 Å². The van der Waals surface area contributed by atoms with Gasteiger partial charge in [0.25, 0.3) is 0 Å². The molecular formula is C19H22Cl2N4O. The summed E-state index contributed by atoms with van der Waals surface area (Å²) in [5, 5.41) is 4.24. The van der Waals surface area contributed by atoms with Gasteiger partial charge >= 0.3 is 0 Å². The van der Waals surface area contributed by atoms with Crippen LogP contribution in [0, 0.1) is 6.92 Å². The first-order valence-electron chi connectivity index (χ1n) is 8.61. The van der Waals surface area contributed by atoms with Crippen molar-refractivity contribution in [2.75, 3.05) is 36.4 Å². The predicted octanol–water partition coefficient (Wildman–Crippen LogP) is 3.85.